The highest BCUT2D eigenvalue weighted by molar-refractivity contribution is 6.01. The van der Waals surface area contributed by atoms with Crippen molar-refractivity contribution < 1.29 is 29.5 Å². The first-order valence-corrected chi connectivity index (χ1v) is 21.8. The van der Waals surface area contributed by atoms with Crippen LogP contribution in [0.2, 0.25) is 0 Å². The molecule has 8 nitrogen and oxygen atoms in total. The maximum absolute atomic E-state index is 12.6. The Bertz CT molecular complexity index is 2270. The normalized spacial score (nSPS) is 11.7. The quantitative estimate of drug-likeness (QED) is 0.0501. The number of nitrogens with zero attached hydrogens (tertiary/aromatic N) is 1. The first-order valence-electron chi connectivity index (χ1n) is 21.8. The fraction of sp³-hybridized carbons (Fsp3) is 0.333. The zero-order valence-electron chi connectivity index (χ0n) is 35.9. The fourth-order valence-electron chi connectivity index (χ4n) is 7.34. The summed E-state index contributed by atoms with van der Waals surface area (Å²) < 4.78 is 0. The van der Waals surface area contributed by atoms with Gasteiger partial charge in [-0.05, 0) is 74.3 Å². The smallest absolute Gasteiger partial charge is 0.307 e. The number of unbranched alkanes of at least 4 members (excludes halogenated alkanes) is 7. The number of aliphatic carboxylic acids is 1. The first kappa shape index (κ1) is 50.4. The van der Waals surface area contributed by atoms with Crippen LogP contribution in [0.15, 0.2) is 133 Å². The highest BCUT2D eigenvalue weighted by Gasteiger charge is 2.26. The molecule has 0 aliphatic carbocycles. The highest BCUT2D eigenvalue weighted by Crippen LogP contribution is 2.34. The topological polar surface area (TPSA) is 138 Å². The summed E-state index contributed by atoms with van der Waals surface area (Å²) >= 11 is 0. The number of benzene rings is 6. The Morgan fingerprint density at radius 3 is 1.39 bits per heavy atom. The molecular formula is C54H66N2O6. The summed E-state index contributed by atoms with van der Waals surface area (Å²) in [4.78, 5) is 44.1. The largest absolute Gasteiger partial charge is 0.481 e. The third-order valence-corrected chi connectivity index (χ3v) is 10.5. The zero-order valence-corrected chi connectivity index (χ0v) is 35.9. The van der Waals surface area contributed by atoms with Gasteiger partial charge in [0.25, 0.3) is 11.8 Å². The van der Waals surface area contributed by atoms with Crippen molar-refractivity contribution in [2.24, 2.45) is 5.73 Å². The van der Waals surface area contributed by atoms with Crippen LogP contribution in [0, 0.1) is 0 Å². The number of amides is 2. The molecule has 6 aromatic rings. The molecule has 1 heterocycles. The van der Waals surface area contributed by atoms with Crippen LogP contribution in [0.4, 0.5) is 0 Å². The molecule has 1 aliphatic heterocycles. The average molecular weight is 839 g/mol. The minimum Gasteiger partial charge on any atom is -0.481 e. The van der Waals surface area contributed by atoms with E-state index in [0.29, 0.717) is 18.6 Å². The van der Waals surface area contributed by atoms with Gasteiger partial charge in [-0.15, -0.1) is 0 Å². The number of fused-ring (bicyclic) bond motifs is 2. The van der Waals surface area contributed by atoms with Crippen molar-refractivity contribution in [2.75, 3.05) is 6.54 Å². The van der Waals surface area contributed by atoms with E-state index in [1.807, 2.05) is 72.8 Å². The molecule has 7 rings (SSSR count). The van der Waals surface area contributed by atoms with Crippen LogP contribution in [0.25, 0.3) is 43.8 Å². The van der Waals surface area contributed by atoms with Crippen LogP contribution in [0.1, 0.15) is 109 Å². The Kier molecular flexibility index (Phi) is 22.6. The van der Waals surface area contributed by atoms with E-state index in [2.05, 4.69) is 74.5 Å². The molecular weight excluding hydrogens is 773 g/mol. The average Bonchev–Trinajstić information content (AvgIpc) is 3.58. The van der Waals surface area contributed by atoms with E-state index >= 15 is 0 Å². The van der Waals surface area contributed by atoms with Gasteiger partial charge in [0, 0.05) is 25.7 Å². The second-order valence-corrected chi connectivity index (χ2v) is 15.3. The molecule has 6 aromatic carbocycles. The van der Waals surface area contributed by atoms with Crippen molar-refractivity contribution in [2.45, 2.75) is 111 Å². The standard InChI is InChI=1S/C25H28O.C18H14O2.C6H15N.C4H5NO3.CH4/c1-2-3-4-5-9-15-23(26)19-22-18-17-20-12-10-11-16-24(20)25(22)21-13-7-6-8-14-21;19-17(20)12-15-11-10-13-6-4-5-9-16(13)18(15)14-7-2-1-3-8-14;1-2-3-4-5-6-7;6-3-1-2-4(7)5(3)8;/h6-8,10-14,16-18H,2-5,9,15,19H2,1H3;1-11H,12H2,(H,19,20);2-7H2,1H3;8H,1-2H2;1H4. The van der Waals surface area contributed by atoms with Crippen molar-refractivity contribution in [3.8, 4) is 22.3 Å². The van der Waals surface area contributed by atoms with Crippen LogP contribution >= 0.6 is 0 Å². The number of Topliss-reactive ketones (excluding diaryl/α,β-unsaturated/α-hetero) is 1. The molecule has 0 bridgehead atoms. The van der Waals surface area contributed by atoms with Gasteiger partial charge in [-0.2, -0.15) is 5.06 Å². The van der Waals surface area contributed by atoms with Gasteiger partial charge in [-0.25, -0.2) is 0 Å². The number of hydrogen-bond donors (Lipinski definition) is 3. The number of imide groups is 1. The van der Waals surface area contributed by atoms with Gasteiger partial charge in [-0.3, -0.25) is 24.4 Å². The van der Waals surface area contributed by atoms with Crippen molar-refractivity contribution in [3.05, 3.63) is 145 Å². The lowest BCUT2D eigenvalue weighted by molar-refractivity contribution is -0.171. The molecule has 328 valence electrons. The highest BCUT2D eigenvalue weighted by atomic mass is 16.5. The molecule has 0 aromatic heterocycles. The Labute approximate surface area is 368 Å². The molecule has 0 radical (unpaired) electrons. The minimum atomic E-state index is -0.808. The van der Waals surface area contributed by atoms with E-state index in [1.54, 1.807) is 0 Å². The Balaban J connectivity index is 0.000000249. The molecule has 0 spiro atoms. The number of carbonyl (C=O) groups is 4. The van der Waals surface area contributed by atoms with Gasteiger partial charge >= 0.3 is 5.97 Å². The monoisotopic (exact) mass is 838 g/mol. The lowest BCUT2D eigenvalue weighted by Crippen LogP contribution is -2.24. The van der Waals surface area contributed by atoms with E-state index < -0.39 is 17.8 Å². The van der Waals surface area contributed by atoms with Gasteiger partial charge in [0.2, 0.25) is 0 Å². The SMILES string of the molecule is C.CCCCCCCC(=O)Cc1ccc2ccccc2c1-c1ccccc1.CCCCCCN.O=C(O)Cc1ccc2ccccc2c1-c1ccccc1.O=C1CCC(=O)N1O. The van der Waals surface area contributed by atoms with Crippen molar-refractivity contribution in [1.29, 1.82) is 0 Å². The van der Waals surface area contributed by atoms with Crippen LogP contribution in [0.5, 0.6) is 0 Å². The Morgan fingerprint density at radius 1 is 0.548 bits per heavy atom. The summed E-state index contributed by atoms with van der Waals surface area (Å²) in [7, 11) is 0. The summed E-state index contributed by atoms with van der Waals surface area (Å²) in [6.07, 6.45) is 12.7. The molecule has 0 unspecified atom stereocenters. The molecule has 8 heteroatoms. The molecule has 1 fully saturated rings. The van der Waals surface area contributed by atoms with E-state index in [9.17, 15) is 19.2 Å². The van der Waals surface area contributed by atoms with Crippen molar-refractivity contribution >= 4 is 45.1 Å². The van der Waals surface area contributed by atoms with Gasteiger partial charge in [0.1, 0.15) is 5.78 Å². The number of hydroxylamine groups is 2. The predicted octanol–water partition coefficient (Wildman–Crippen LogP) is 12.8. The van der Waals surface area contributed by atoms with Gasteiger partial charge in [0.05, 0.1) is 6.42 Å². The molecule has 0 saturated carbocycles. The third-order valence-electron chi connectivity index (χ3n) is 10.5. The van der Waals surface area contributed by atoms with Gasteiger partial charge in [-0.1, -0.05) is 200 Å². The number of nitrogens with two attached hydrogens (primary N) is 1. The van der Waals surface area contributed by atoms with Crippen molar-refractivity contribution in [1.82, 2.24) is 5.06 Å². The Morgan fingerprint density at radius 2 is 0.968 bits per heavy atom. The fourth-order valence-corrected chi connectivity index (χ4v) is 7.34. The number of rotatable bonds is 16. The van der Waals surface area contributed by atoms with E-state index in [4.69, 9.17) is 16.0 Å². The van der Waals surface area contributed by atoms with Crippen molar-refractivity contribution in [3.63, 3.8) is 0 Å². The number of hydrogen-bond acceptors (Lipinski definition) is 6. The number of carboxylic acid groups (broad SMARTS) is 1. The van der Waals surface area contributed by atoms with Crippen LogP contribution in [-0.4, -0.2) is 45.5 Å². The predicted molar refractivity (Wildman–Crippen MR) is 255 cm³/mol. The summed E-state index contributed by atoms with van der Waals surface area (Å²) in [6, 6.07) is 45.1. The first-order chi connectivity index (χ1) is 29.7. The summed E-state index contributed by atoms with van der Waals surface area (Å²) in [5.74, 6) is -1.46. The second-order valence-electron chi connectivity index (χ2n) is 15.3. The van der Waals surface area contributed by atoms with E-state index in [-0.39, 0.29) is 31.8 Å². The molecule has 1 aliphatic rings. The van der Waals surface area contributed by atoms with E-state index in [0.717, 1.165) is 46.0 Å². The summed E-state index contributed by atoms with van der Waals surface area (Å²) in [6.45, 7) is 5.28. The molecule has 2 amide bonds. The molecule has 62 heavy (non-hydrogen) atoms. The third kappa shape index (κ3) is 15.8. The van der Waals surface area contributed by atoms with Crippen LogP contribution in [-0.2, 0) is 32.0 Å². The number of carbonyl (C=O) groups excluding carboxylic acids is 3. The van der Waals surface area contributed by atoms with Crippen LogP contribution in [0.3, 0.4) is 0 Å². The zero-order chi connectivity index (χ0) is 43.8. The molecule has 4 N–H and O–H groups in total. The van der Waals surface area contributed by atoms with Crippen LogP contribution < -0.4 is 5.73 Å². The van der Waals surface area contributed by atoms with E-state index in [1.165, 1.54) is 73.3 Å². The second kappa shape index (κ2) is 27.8. The lowest BCUT2D eigenvalue weighted by Gasteiger charge is -2.13. The number of carboxylic acids is 1. The lowest BCUT2D eigenvalue weighted by atomic mass is 9.90. The van der Waals surface area contributed by atoms with Gasteiger partial charge in [0.15, 0.2) is 0 Å². The summed E-state index contributed by atoms with van der Waals surface area (Å²) in [5, 5.41) is 22.4. The number of ketones is 1. The maximum atomic E-state index is 12.6. The molecule has 0 atom stereocenters. The Hall–Kier alpha value is -5.96. The minimum absolute atomic E-state index is 0. The summed E-state index contributed by atoms with van der Waals surface area (Å²) in [5.41, 5.74) is 11.7. The maximum Gasteiger partial charge on any atom is 0.307 e. The molecule has 1 saturated heterocycles. The van der Waals surface area contributed by atoms with Gasteiger partial charge < -0.3 is 10.8 Å².